The number of aliphatic hydroxyl groups is 1. The van der Waals surface area contributed by atoms with Crippen LogP contribution in [0.1, 0.15) is 46.0 Å². The summed E-state index contributed by atoms with van der Waals surface area (Å²) in [5.41, 5.74) is 1.73. The number of hydrogen-bond acceptors (Lipinski definition) is 5. The molecule has 1 aromatic carbocycles. The topological polar surface area (TPSA) is 75.6 Å². The highest BCUT2D eigenvalue weighted by Crippen LogP contribution is 2.38. The van der Waals surface area contributed by atoms with Gasteiger partial charge in [-0.1, -0.05) is 29.8 Å². The van der Waals surface area contributed by atoms with Crippen molar-refractivity contribution in [2.45, 2.75) is 25.3 Å². The Morgan fingerprint density at radius 2 is 2.03 bits per heavy atom. The predicted molar refractivity (Wildman–Crippen MR) is 108 cm³/mol. The molecular formula is C22H20ClN3O3. The second-order valence-corrected chi connectivity index (χ2v) is 7.51. The highest BCUT2D eigenvalue weighted by atomic mass is 35.5. The molecule has 0 aliphatic carbocycles. The second-order valence-electron chi connectivity index (χ2n) is 7.08. The van der Waals surface area contributed by atoms with Crippen LogP contribution in [0.2, 0.25) is 5.02 Å². The van der Waals surface area contributed by atoms with E-state index in [9.17, 15) is 9.90 Å². The van der Waals surface area contributed by atoms with Crippen LogP contribution in [0.5, 0.6) is 0 Å². The number of carbonyl (C=O) groups is 1. The van der Waals surface area contributed by atoms with Crippen LogP contribution in [-0.4, -0.2) is 33.0 Å². The first-order valence-electron chi connectivity index (χ1n) is 9.14. The molecule has 0 radical (unpaired) electrons. The van der Waals surface area contributed by atoms with Crippen LogP contribution in [0.4, 0.5) is 0 Å². The van der Waals surface area contributed by atoms with Crippen molar-refractivity contribution < 1.29 is 14.6 Å². The number of carbonyl (C=O) groups excluding carboxylic acids is 1. The Morgan fingerprint density at radius 3 is 2.69 bits per heavy atom. The van der Waals surface area contributed by atoms with E-state index in [1.54, 1.807) is 67.7 Å². The van der Waals surface area contributed by atoms with E-state index in [4.69, 9.17) is 16.3 Å². The van der Waals surface area contributed by atoms with E-state index in [2.05, 4.69) is 9.97 Å². The van der Waals surface area contributed by atoms with Crippen LogP contribution in [0.25, 0.3) is 0 Å². The quantitative estimate of drug-likeness (QED) is 0.695. The van der Waals surface area contributed by atoms with Gasteiger partial charge in [-0.05, 0) is 42.8 Å². The largest absolute Gasteiger partial charge is 0.379 e. The molecule has 1 aliphatic rings. The van der Waals surface area contributed by atoms with E-state index in [1.807, 2.05) is 12.1 Å². The molecule has 2 unspecified atom stereocenters. The minimum atomic E-state index is -1.33. The number of methoxy groups -OCH3 is 1. The van der Waals surface area contributed by atoms with Gasteiger partial charge in [-0.15, -0.1) is 0 Å². The van der Waals surface area contributed by atoms with E-state index in [1.165, 1.54) is 0 Å². The highest BCUT2D eigenvalue weighted by Gasteiger charge is 2.39. The summed E-state index contributed by atoms with van der Waals surface area (Å²) in [6.07, 6.45) is 2.66. The molecule has 7 heteroatoms. The number of amides is 1. The Balaban J connectivity index is 1.68. The minimum Gasteiger partial charge on any atom is -0.379 e. The molecule has 0 fully saturated rings. The van der Waals surface area contributed by atoms with E-state index in [0.29, 0.717) is 27.5 Å². The fourth-order valence-electron chi connectivity index (χ4n) is 3.57. The molecule has 3 heterocycles. The molecule has 0 saturated heterocycles. The number of pyridine rings is 2. The highest BCUT2D eigenvalue weighted by molar-refractivity contribution is 6.30. The minimum absolute atomic E-state index is 0.178. The summed E-state index contributed by atoms with van der Waals surface area (Å²) in [5.74, 6) is -0.178. The number of halogens is 1. The lowest BCUT2D eigenvalue weighted by molar-refractivity contribution is -0.0167. The zero-order valence-electron chi connectivity index (χ0n) is 16.0. The fraction of sp³-hybridized carbons (Fsp3) is 0.227. The predicted octanol–water partition coefficient (Wildman–Crippen LogP) is 3.69. The summed E-state index contributed by atoms with van der Waals surface area (Å²) in [7, 11) is 1.56. The van der Waals surface area contributed by atoms with E-state index < -0.39 is 11.8 Å². The molecule has 2 atom stereocenters. The zero-order valence-corrected chi connectivity index (χ0v) is 16.8. The third-order valence-electron chi connectivity index (χ3n) is 5.16. The van der Waals surface area contributed by atoms with Crippen molar-refractivity contribution in [2.75, 3.05) is 7.11 Å². The van der Waals surface area contributed by atoms with Gasteiger partial charge < -0.3 is 14.7 Å². The van der Waals surface area contributed by atoms with Gasteiger partial charge in [0, 0.05) is 30.6 Å². The molecule has 1 N–H and O–H groups in total. The molecule has 1 aliphatic heterocycles. The summed E-state index contributed by atoms with van der Waals surface area (Å²) in [6.45, 7) is 1.95. The number of fused-ring (bicyclic) bond motifs is 1. The summed E-state index contributed by atoms with van der Waals surface area (Å²) in [6, 6.07) is 14.2. The van der Waals surface area contributed by atoms with Gasteiger partial charge >= 0.3 is 0 Å². The molecule has 0 saturated carbocycles. The molecule has 1 amide bonds. The summed E-state index contributed by atoms with van der Waals surface area (Å²) < 4.78 is 5.60. The van der Waals surface area contributed by atoms with Crippen molar-refractivity contribution in [2.24, 2.45) is 0 Å². The maximum absolute atomic E-state index is 13.1. The van der Waals surface area contributed by atoms with Crippen molar-refractivity contribution in [3.63, 3.8) is 0 Å². The smallest absolute Gasteiger partial charge is 0.256 e. The molecule has 0 bridgehead atoms. The molecule has 4 rings (SSSR count). The Hall–Kier alpha value is -2.80. The Kier molecular flexibility index (Phi) is 5.08. The first-order valence-corrected chi connectivity index (χ1v) is 9.52. The zero-order chi connectivity index (χ0) is 20.6. The fourth-order valence-corrected chi connectivity index (χ4v) is 3.68. The summed E-state index contributed by atoms with van der Waals surface area (Å²) >= 11 is 5.90. The van der Waals surface area contributed by atoms with Gasteiger partial charge in [0.2, 0.25) is 0 Å². The van der Waals surface area contributed by atoms with E-state index in [0.717, 1.165) is 5.56 Å². The van der Waals surface area contributed by atoms with Crippen LogP contribution in [0.3, 0.4) is 0 Å². The lowest BCUT2D eigenvalue weighted by atomic mass is 9.89. The van der Waals surface area contributed by atoms with Crippen molar-refractivity contribution in [3.8, 4) is 0 Å². The molecule has 29 heavy (non-hydrogen) atoms. The van der Waals surface area contributed by atoms with Crippen LogP contribution in [-0.2, 0) is 16.9 Å². The number of nitrogens with zero attached hydrogens (tertiary/aromatic N) is 3. The average molecular weight is 410 g/mol. The lowest BCUT2D eigenvalue weighted by Crippen LogP contribution is -2.29. The molecule has 6 nitrogen and oxygen atoms in total. The lowest BCUT2D eigenvalue weighted by Gasteiger charge is -2.24. The molecular weight excluding hydrogens is 390 g/mol. The molecule has 2 aromatic heterocycles. The summed E-state index contributed by atoms with van der Waals surface area (Å²) in [4.78, 5) is 23.3. The Labute approximate surface area is 173 Å². The van der Waals surface area contributed by atoms with Gasteiger partial charge in [0.05, 0.1) is 23.0 Å². The number of hydrogen-bond donors (Lipinski definition) is 1. The van der Waals surface area contributed by atoms with Crippen LogP contribution < -0.4 is 0 Å². The first kappa shape index (κ1) is 19.5. The maximum Gasteiger partial charge on any atom is 0.256 e. The van der Waals surface area contributed by atoms with Gasteiger partial charge in [-0.25, -0.2) is 0 Å². The number of benzene rings is 1. The van der Waals surface area contributed by atoms with Gasteiger partial charge in [-0.3, -0.25) is 14.8 Å². The van der Waals surface area contributed by atoms with Gasteiger partial charge in [0.15, 0.2) is 6.23 Å². The van der Waals surface area contributed by atoms with Crippen molar-refractivity contribution >= 4 is 17.5 Å². The van der Waals surface area contributed by atoms with Crippen molar-refractivity contribution in [1.82, 2.24) is 14.9 Å². The number of rotatable bonds is 5. The average Bonchev–Trinajstić information content (AvgIpc) is 3.01. The Bertz CT molecular complexity index is 1040. The molecule has 0 spiro atoms. The first-order chi connectivity index (χ1) is 13.9. The third kappa shape index (κ3) is 3.51. The van der Waals surface area contributed by atoms with Crippen LogP contribution >= 0.6 is 11.6 Å². The van der Waals surface area contributed by atoms with Gasteiger partial charge in [0.25, 0.3) is 5.91 Å². The summed E-state index contributed by atoms with van der Waals surface area (Å²) in [5, 5.41) is 11.6. The third-order valence-corrected chi connectivity index (χ3v) is 5.39. The monoisotopic (exact) mass is 409 g/mol. The van der Waals surface area contributed by atoms with Crippen molar-refractivity contribution in [1.29, 1.82) is 0 Å². The standard InChI is InChI=1S/C22H20ClN3O3/c1-22(28,19-5-3-4-10-24-19)14-6-9-17-18(11-14)20(27)26(21(17)29-2)13-16-8-7-15(23)12-25-16/h3-12,21,28H,13H2,1-2H3. The van der Waals surface area contributed by atoms with Crippen LogP contribution in [0, 0.1) is 0 Å². The Morgan fingerprint density at radius 1 is 1.21 bits per heavy atom. The van der Waals surface area contributed by atoms with E-state index in [-0.39, 0.29) is 12.5 Å². The normalized spacial score (nSPS) is 17.9. The maximum atomic E-state index is 13.1. The molecule has 3 aromatic rings. The van der Waals surface area contributed by atoms with Crippen LogP contribution in [0.15, 0.2) is 60.9 Å². The number of aromatic nitrogens is 2. The SMILES string of the molecule is COC1c2ccc(C(C)(O)c3ccccn3)cc2C(=O)N1Cc1ccc(Cl)cn1. The van der Waals surface area contributed by atoms with Gasteiger partial charge in [0.1, 0.15) is 5.60 Å². The molecule has 148 valence electrons. The second kappa shape index (κ2) is 7.55. The van der Waals surface area contributed by atoms with E-state index >= 15 is 0 Å². The van der Waals surface area contributed by atoms with Gasteiger partial charge in [-0.2, -0.15) is 0 Å². The number of ether oxygens (including phenoxy) is 1. The van der Waals surface area contributed by atoms with Crippen molar-refractivity contribution in [3.05, 3.63) is 94.0 Å².